The zero-order chi connectivity index (χ0) is 24.1. The molecule has 1 aromatic carbocycles. The Balaban J connectivity index is 1.47. The number of hydrogen-bond acceptors (Lipinski definition) is 4. The normalized spacial score (nSPS) is 17.9. The summed E-state index contributed by atoms with van der Waals surface area (Å²) >= 11 is 5.95. The first kappa shape index (κ1) is 24.7. The molecule has 3 heterocycles. The van der Waals surface area contributed by atoms with Gasteiger partial charge in [-0.3, -0.25) is 14.1 Å². The first-order valence-electron chi connectivity index (χ1n) is 12.3. The molecule has 2 unspecified atom stereocenters. The highest BCUT2D eigenvalue weighted by Gasteiger charge is 2.20. The average Bonchev–Trinajstić information content (AvgIpc) is 3.24. The number of aromatic nitrogens is 2. The molecule has 0 bridgehead atoms. The largest absolute Gasteiger partial charge is 0.350 e. The van der Waals surface area contributed by atoms with Crippen molar-refractivity contribution in [2.45, 2.75) is 57.5 Å². The highest BCUT2D eigenvalue weighted by Crippen LogP contribution is 2.24. The lowest BCUT2D eigenvalue weighted by molar-refractivity contribution is 0.0943. The van der Waals surface area contributed by atoms with Gasteiger partial charge >= 0.3 is 0 Å². The lowest BCUT2D eigenvalue weighted by Gasteiger charge is -2.29. The zero-order valence-electron chi connectivity index (χ0n) is 20.2. The van der Waals surface area contributed by atoms with E-state index in [2.05, 4.69) is 48.3 Å². The second-order valence-electron chi connectivity index (χ2n) is 9.92. The quantitative estimate of drug-likeness (QED) is 0.439. The number of alkyl halides is 1. The van der Waals surface area contributed by atoms with Crippen LogP contribution in [0.5, 0.6) is 0 Å². The number of amides is 1. The predicted molar refractivity (Wildman–Crippen MR) is 138 cm³/mol. The van der Waals surface area contributed by atoms with Gasteiger partial charge in [-0.2, -0.15) is 0 Å². The molecule has 1 aliphatic heterocycles. The number of pyridine rings is 1. The molecule has 3 aromatic rings. The van der Waals surface area contributed by atoms with Gasteiger partial charge in [-0.05, 0) is 55.0 Å². The second-order valence-corrected chi connectivity index (χ2v) is 10.2. The van der Waals surface area contributed by atoms with Crippen LogP contribution in [0, 0.1) is 5.92 Å². The Morgan fingerprint density at radius 1 is 1.24 bits per heavy atom. The van der Waals surface area contributed by atoms with E-state index >= 15 is 0 Å². The van der Waals surface area contributed by atoms with E-state index in [-0.39, 0.29) is 17.9 Å². The highest BCUT2D eigenvalue weighted by molar-refractivity contribution is 6.17. The maximum Gasteiger partial charge on any atom is 0.268 e. The van der Waals surface area contributed by atoms with Crippen LogP contribution in [0.2, 0.25) is 0 Å². The number of piperidine rings is 1. The molecule has 1 fully saturated rings. The Morgan fingerprint density at radius 2 is 2.03 bits per heavy atom. The zero-order valence-corrected chi connectivity index (χ0v) is 21.0. The summed E-state index contributed by atoms with van der Waals surface area (Å²) in [4.78, 5) is 20.3. The Bertz CT molecular complexity index is 1090. The maximum atomic E-state index is 13.2. The van der Waals surface area contributed by atoms with E-state index in [0.29, 0.717) is 24.0 Å². The van der Waals surface area contributed by atoms with Crippen LogP contribution in [0.25, 0.3) is 5.65 Å². The molecule has 0 radical (unpaired) electrons. The van der Waals surface area contributed by atoms with Gasteiger partial charge in [-0.1, -0.05) is 44.2 Å². The molecule has 4 rings (SSSR count). The van der Waals surface area contributed by atoms with Gasteiger partial charge in [0.2, 0.25) is 0 Å². The minimum atomic E-state index is -0.0827. The van der Waals surface area contributed by atoms with Crippen molar-refractivity contribution in [2.75, 3.05) is 19.6 Å². The minimum Gasteiger partial charge on any atom is -0.350 e. The Morgan fingerprint density at radius 3 is 2.74 bits per heavy atom. The molecule has 1 amide bonds. The molecule has 0 saturated carbocycles. The summed E-state index contributed by atoms with van der Waals surface area (Å²) in [6, 6.07) is 14.3. The molecule has 3 N–H and O–H groups in total. The molecule has 2 atom stereocenters. The van der Waals surface area contributed by atoms with Gasteiger partial charge in [0.05, 0.1) is 5.69 Å². The number of hydrogen-bond donors (Lipinski definition) is 2. The van der Waals surface area contributed by atoms with E-state index in [0.717, 1.165) is 55.8 Å². The molecular formula is C27H36ClN5O. The summed E-state index contributed by atoms with van der Waals surface area (Å²) in [5.74, 6) is 1.19. The summed E-state index contributed by atoms with van der Waals surface area (Å²) in [7, 11) is 0. The van der Waals surface area contributed by atoms with Crippen molar-refractivity contribution >= 4 is 23.2 Å². The molecule has 182 valence electrons. The van der Waals surface area contributed by atoms with Gasteiger partial charge in [0.15, 0.2) is 0 Å². The number of nitrogens with two attached hydrogens (primary N) is 1. The third kappa shape index (κ3) is 6.17. The summed E-state index contributed by atoms with van der Waals surface area (Å²) in [5, 5.41) is 3.18. The number of carbonyl (C=O) groups excluding carboxylic acids is 1. The van der Waals surface area contributed by atoms with E-state index in [9.17, 15) is 4.79 Å². The van der Waals surface area contributed by atoms with E-state index in [4.69, 9.17) is 22.3 Å². The lowest BCUT2D eigenvalue weighted by atomic mass is 9.90. The third-order valence-electron chi connectivity index (χ3n) is 6.57. The maximum absolute atomic E-state index is 13.2. The topological polar surface area (TPSA) is 75.7 Å². The number of halogens is 1. The fraction of sp³-hybridized carbons (Fsp3) is 0.481. The summed E-state index contributed by atoms with van der Waals surface area (Å²) < 4.78 is 1.90. The molecule has 0 spiro atoms. The molecular weight excluding hydrogens is 446 g/mol. The molecule has 1 saturated heterocycles. The number of carbonyl (C=O) groups is 1. The first-order valence-corrected chi connectivity index (χ1v) is 12.8. The van der Waals surface area contributed by atoms with Crippen LogP contribution in [0.4, 0.5) is 0 Å². The monoisotopic (exact) mass is 481 g/mol. The van der Waals surface area contributed by atoms with E-state index in [1.54, 1.807) is 0 Å². The standard InChI is InChI=1S/C27H36ClN5O/c1-19(2)13-22(21-10-8-20(14-28)9-11-21)15-30-27(34)25-6-3-7-26-31-24(18-33(25)26)17-32-12-4-5-23(29)16-32/h3,6-11,18-19,22-23H,4-5,12-17,29H2,1-2H3,(H,30,34). The van der Waals surface area contributed by atoms with E-state index < -0.39 is 0 Å². The van der Waals surface area contributed by atoms with Crippen LogP contribution < -0.4 is 11.1 Å². The summed E-state index contributed by atoms with van der Waals surface area (Å²) in [6.45, 7) is 7.70. The summed E-state index contributed by atoms with van der Waals surface area (Å²) in [5.41, 5.74) is 10.8. The van der Waals surface area contributed by atoms with Crippen molar-refractivity contribution in [3.63, 3.8) is 0 Å². The number of imidazole rings is 1. The SMILES string of the molecule is CC(C)CC(CNC(=O)c1cccc2nc(CN3CCCC(N)C3)cn12)c1ccc(CCl)cc1. The minimum absolute atomic E-state index is 0.0827. The number of nitrogens with one attached hydrogen (secondary N) is 1. The van der Waals surface area contributed by atoms with Gasteiger partial charge < -0.3 is 11.1 Å². The average molecular weight is 482 g/mol. The van der Waals surface area contributed by atoms with Gasteiger partial charge in [-0.15, -0.1) is 11.6 Å². The molecule has 7 heteroatoms. The van der Waals surface area contributed by atoms with Crippen molar-refractivity contribution < 1.29 is 4.79 Å². The third-order valence-corrected chi connectivity index (χ3v) is 6.88. The molecule has 1 aliphatic rings. The van der Waals surface area contributed by atoms with Crippen molar-refractivity contribution in [1.82, 2.24) is 19.6 Å². The first-order chi connectivity index (χ1) is 16.4. The number of nitrogens with zero attached hydrogens (tertiary/aromatic N) is 3. The Labute approximate surface area is 207 Å². The van der Waals surface area contributed by atoms with Crippen molar-refractivity contribution in [2.24, 2.45) is 11.7 Å². The highest BCUT2D eigenvalue weighted by atomic mass is 35.5. The Hall–Kier alpha value is -2.41. The second kappa shape index (κ2) is 11.3. The van der Waals surface area contributed by atoms with Crippen LogP contribution in [-0.2, 0) is 12.4 Å². The van der Waals surface area contributed by atoms with Gasteiger partial charge in [0, 0.05) is 43.7 Å². The molecule has 34 heavy (non-hydrogen) atoms. The van der Waals surface area contributed by atoms with E-state index in [1.807, 2.05) is 28.8 Å². The van der Waals surface area contributed by atoms with Crippen molar-refractivity contribution in [3.05, 3.63) is 71.2 Å². The molecule has 2 aromatic heterocycles. The number of fused-ring (bicyclic) bond motifs is 1. The fourth-order valence-electron chi connectivity index (χ4n) is 4.88. The van der Waals surface area contributed by atoms with Gasteiger partial charge in [0.25, 0.3) is 5.91 Å². The van der Waals surface area contributed by atoms with Crippen LogP contribution in [0.15, 0.2) is 48.7 Å². The van der Waals surface area contributed by atoms with Crippen LogP contribution >= 0.6 is 11.6 Å². The van der Waals surface area contributed by atoms with Crippen LogP contribution in [-0.4, -0.2) is 45.9 Å². The van der Waals surface area contributed by atoms with E-state index in [1.165, 1.54) is 5.56 Å². The lowest BCUT2D eigenvalue weighted by Crippen LogP contribution is -2.42. The Kier molecular flexibility index (Phi) is 8.24. The fourth-order valence-corrected chi connectivity index (χ4v) is 5.06. The number of likely N-dealkylation sites (tertiary alicyclic amines) is 1. The number of rotatable bonds is 9. The van der Waals surface area contributed by atoms with Crippen molar-refractivity contribution in [3.8, 4) is 0 Å². The van der Waals surface area contributed by atoms with Crippen LogP contribution in [0.1, 0.15) is 66.3 Å². The molecule has 6 nitrogen and oxygen atoms in total. The van der Waals surface area contributed by atoms with Crippen LogP contribution in [0.3, 0.4) is 0 Å². The van der Waals surface area contributed by atoms with Gasteiger partial charge in [-0.25, -0.2) is 4.98 Å². The smallest absolute Gasteiger partial charge is 0.268 e. The predicted octanol–water partition coefficient (Wildman–Crippen LogP) is 4.56. The summed E-state index contributed by atoms with van der Waals surface area (Å²) in [6.07, 6.45) is 5.19. The van der Waals surface area contributed by atoms with Crippen molar-refractivity contribution in [1.29, 1.82) is 0 Å². The molecule has 0 aliphatic carbocycles. The van der Waals surface area contributed by atoms with Gasteiger partial charge in [0.1, 0.15) is 11.3 Å². The number of benzene rings is 1.